The highest BCUT2D eigenvalue weighted by molar-refractivity contribution is 7.89. The second-order valence-electron chi connectivity index (χ2n) is 8.33. The van der Waals surface area contributed by atoms with Gasteiger partial charge in [0.15, 0.2) is 0 Å². The maximum atomic E-state index is 13.1. The van der Waals surface area contributed by atoms with Crippen LogP contribution < -0.4 is 5.56 Å². The Bertz CT molecular complexity index is 1320. The lowest BCUT2D eigenvalue weighted by molar-refractivity contribution is 0.0748. The highest BCUT2D eigenvalue weighted by Gasteiger charge is 2.31. The fourth-order valence-corrected chi connectivity index (χ4v) is 5.93. The zero-order valence-corrected chi connectivity index (χ0v) is 19.6. The smallest absolute Gasteiger partial charge is 0.258 e. The number of aromatic amines is 1. The van der Waals surface area contributed by atoms with E-state index in [-0.39, 0.29) is 28.9 Å². The van der Waals surface area contributed by atoms with E-state index in [0.717, 1.165) is 19.3 Å². The van der Waals surface area contributed by atoms with Crippen LogP contribution in [0.3, 0.4) is 0 Å². The van der Waals surface area contributed by atoms with Gasteiger partial charge in [0.25, 0.3) is 11.5 Å². The number of sulfonamides is 1. The van der Waals surface area contributed by atoms with Gasteiger partial charge < -0.3 is 9.88 Å². The number of para-hydroxylation sites is 1. The predicted octanol–water partition coefficient (Wildman–Crippen LogP) is 3.15. The molecule has 1 atom stereocenters. The molecule has 1 fully saturated rings. The van der Waals surface area contributed by atoms with Crippen LogP contribution in [-0.2, 0) is 16.6 Å². The van der Waals surface area contributed by atoms with Crippen LogP contribution in [0.2, 0.25) is 0 Å². The summed E-state index contributed by atoms with van der Waals surface area (Å²) in [5, 5.41) is 0.496. The Labute approximate surface area is 193 Å². The van der Waals surface area contributed by atoms with Gasteiger partial charge in [0.05, 0.1) is 22.3 Å². The summed E-state index contributed by atoms with van der Waals surface area (Å²) in [7, 11) is -3.59. The summed E-state index contributed by atoms with van der Waals surface area (Å²) in [6.45, 7) is 4.83. The molecule has 0 bridgehead atoms. The number of H-pyrrole nitrogens is 1. The molecule has 1 aliphatic heterocycles. The van der Waals surface area contributed by atoms with E-state index in [1.807, 2.05) is 19.9 Å². The fourth-order valence-electron chi connectivity index (χ4n) is 4.23. The molecule has 8 nitrogen and oxygen atoms in total. The fraction of sp³-hybridized carbons (Fsp3) is 0.375. The molecule has 1 amide bonds. The van der Waals surface area contributed by atoms with Crippen molar-refractivity contribution in [2.45, 2.75) is 50.6 Å². The van der Waals surface area contributed by atoms with Crippen LogP contribution in [0.25, 0.3) is 10.9 Å². The van der Waals surface area contributed by atoms with Crippen molar-refractivity contribution in [1.29, 1.82) is 0 Å². The number of rotatable bonds is 6. The molecule has 1 N–H and O–H groups in total. The molecular formula is C24H28N4O4S. The molecule has 2 aromatic carbocycles. The van der Waals surface area contributed by atoms with Gasteiger partial charge in [-0.3, -0.25) is 9.59 Å². The Hall–Kier alpha value is -3.04. The lowest BCUT2D eigenvalue weighted by Crippen LogP contribution is -2.41. The van der Waals surface area contributed by atoms with Gasteiger partial charge in [-0.15, -0.1) is 0 Å². The largest absolute Gasteiger partial charge is 0.331 e. The summed E-state index contributed by atoms with van der Waals surface area (Å²) in [4.78, 5) is 34.4. The first kappa shape index (κ1) is 23.1. The molecule has 174 valence electrons. The normalized spacial score (nSPS) is 17.2. The first-order chi connectivity index (χ1) is 15.8. The van der Waals surface area contributed by atoms with Gasteiger partial charge in [-0.2, -0.15) is 4.31 Å². The molecular weight excluding hydrogens is 440 g/mol. The number of carbonyl (C=O) groups is 1. The summed E-state index contributed by atoms with van der Waals surface area (Å²) in [5.41, 5.74) is 0.701. The molecule has 33 heavy (non-hydrogen) atoms. The molecule has 4 rings (SSSR count). The van der Waals surface area contributed by atoms with E-state index in [1.54, 1.807) is 39.5 Å². The summed E-state index contributed by atoms with van der Waals surface area (Å²) in [6, 6.07) is 13.1. The molecule has 9 heteroatoms. The first-order valence-corrected chi connectivity index (χ1v) is 12.6. The number of fused-ring (bicyclic) bond motifs is 1. The summed E-state index contributed by atoms with van der Waals surface area (Å²) < 4.78 is 27.6. The van der Waals surface area contributed by atoms with Crippen molar-refractivity contribution < 1.29 is 13.2 Å². The van der Waals surface area contributed by atoms with E-state index >= 15 is 0 Å². The number of amides is 1. The number of piperidine rings is 1. The summed E-state index contributed by atoms with van der Waals surface area (Å²) in [5.74, 6) is 0.135. The van der Waals surface area contributed by atoms with E-state index in [0.29, 0.717) is 35.4 Å². The SMILES string of the molecule is CCN(Cc1nc2ccccc2c(=O)[nH]1)C(=O)c1ccc(S(=O)(=O)N2CCCCC2C)cc1. The van der Waals surface area contributed by atoms with Gasteiger partial charge in [-0.1, -0.05) is 18.6 Å². The van der Waals surface area contributed by atoms with E-state index in [1.165, 1.54) is 12.1 Å². The standard InChI is InChI=1S/C24H28N4O4S/c1-3-27(16-22-25-21-10-5-4-9-20(21)23(29)26-22)24(30)18-11-13-19(14-12-18)33(31,32)28-15-7-6-8-17(28)2/h4-5,9-14,17H,3,6-8,15-16H2,1-2H3,(H,25,26,29). The van der Waals surface area contributed by atoms with Gasteiger partial charge in [-0.05, 0) is 63.1 Å². The molecule has 0 aliphatic carbocycles. The maximum absolute atomic E-state index is 13.1. The molecule has 1 aromatic heterocycles. The minimum atomic E-state index is -3.59. The number of carbonyl (C=O) groups excluding carboxylic acids is 1. The quantitative estimate of drug-likeness (QED) is 0.599. The molecule has 2 heterocycles. The van der Waals surface area contributed by atoms with Gasteiger partial charge in [0, 0.05) is 24.7 Å². The van der Waals surface area contributed by atoms with Gasteiger partial charge in [-0.25, -0.2) is 13.4 Å². The number of benzene rings is 2. The van der Waals surface area contributed by atoms with Crippen molar-refractivity contribution in [2.75, 3.05) is 13.1 Å². The highest BCUT2D eigenvalue weighted by Crippen LogP contribution is 2.25. The molecule has 1 unspecified atom stereocenters. The number of hydrogen-bond donors (Lipinski definition) is 1. The van der Waals surface area contributed by atoms with Crippen LogP contribution in [0.5, 0.6) is 0 Å². The summed E-state index contributed by atoms with van der Waals surface area (Å²) >= 11 is 0. The van der Waals surface area contributed by atoms with Gasteiger partial charge in [0.2, 0.25) is 10.0 Å². The van der Waals surface area contributed by atoms with Crippen molar-refractivity contribution in [1.82, 2.24) is 19.2 Å². The van der Waals surface area contributed by atoms with Crippen molar-refractivity contribution in [3.63, 3.8) is 0 Å². The average Bonchev–Trinajstić information content (AvgIpc) is 2.82. The Morgan fingerprint density at radius 2 is 1.88 bits per heavy atom. The van der Waals surface area contributed by atoms with Crippen molar-refractivity contribution in [3.05, 3.63) is 70.3 Å². The lowest BCUT2D eigenvalue weighted by atomic mass is 10.1. The second-order valence-corrected chi connectivity index (χ2v) is 10.2. The third kappa shape index (κ3) is 4.69. The maximum Gasteiger partial charge on any atom is 0.258 e. The topological polar surface area (TPSA) is 103 Å². The third-order valence-corrected chi connectivity index (χ3v) is 8.15. The van der Waals surface area contributed by atoms with E-state index in [2.05, 4.69) is 9.97 Å². The zero-order chi connectivity index (χ0) is 23.6. The van der Waals surface area contributed by atoms with Crippen LogP contribution >= 0.6 is 0 Å². The minimum Gasteiger partial charge on any atom is -0.331 e. The van der Waals surface area contributed by atoms with Crippen molar-refractivity contribution >= 4 is 26.8 Å². The van der Waals surface area contributed by atoms with Crippen LogP contribution in [0.4, 0.5) is 0 Å². The minimum absolute atomic E-state index is 0.0303. The molecule has 1 aliphatic rings. The number of hydrogen-bond acceptors (Lipinski definition) is 5. The lowest BCUT2D eigenvalue weighted by Gasteiger charge is -2.32. The molecule has 3 aromatic rings. The molecule has 0 spiro atoms. The second kappa shape index (κ2) is 9.44. The Balaban J connectivity index is 1.54. The Morgan fingerprint density at radius 3 is 2.58 bits per heavy atom. The van der Waals surface area contributed by atoms with E-state index in [4.69, 9.17) is 0 Å². The molecule has 0 saturated carbocycles. The Kier molecular flexibility index (Phi) is 6.62. The van der Waals surface area contributed by atoms with Gasteiger partial charge >= 0.3 is 0 Å². The van der Waals surface area contributed by atoms with Crippen molar-refractivity contribution in [3.8, 4) is 0 Å². The van der Waals surface area contributed by atoms with Gasteiger partial charge in [0.1, 0.15) is 5.82 Å². The monoisotopic (exact) mass is 468 g/mol. The number of nitrogens with one attached hydrogen (secondary N) is 1. The zero-order valence-electron chi connectivity index (χ0n) is 18.8. The van der Waals surface area contributed by atoms with E-state index in [9.17, 15) is 18.0 Å². The van der Waals surface area contributed by atoms with E-state index < -0.39 is 10.0 Å². The van der Waals surface area contributed by atoms with Crippen LogP contribution in [0.15, 0.2) is 58.2 Å². The Morgan fingerprint density at radius 1 is 1.15 bits per heavy atom. The highest BCUT2D eigenvalue weighted by atomic mass is 32.2. The third-order valence-electron chi connectivity index (χ3n) is 6.12. The first-order valence-electron chi connectivity index (χ1n) is 11.2. The van der Waals surface area contributed by atoms with Crippen LogP contribution in [0.1, 0.15) is 49.3 Å². The van der Waals surface area contributed by atoms with Crippen molar-refractivity contribution in [2.24, 2.45) is 0 Å². The number of nitrogens with zero attached hydrogens (tertiary/aromatic N) is 3. The average molecular weight is 469 g/mol. The van der Waals surface area contributed by atoms with Crippen LogP contribution in [0, 0.1) is 0 Å². The molecule has 0 radical (unpaired) electrons. The molecule has 1 saturated heterocycles. The predicted molar refractivity (Wildman–Crippen MR) is 126 cm³/mol. The van der Waals surface area contributed by atoms with Crippen LogP contribution in [-0.4, -0.2) is 52.6 Å². The number of aromatic nitrogens is 2. The summed E-state index contributed by atoms with van der Waals surface area (Å²) in [6.07, 6.45) is 2.74.